The van der Waals surface area contributed by atoms with Crippen LogP contribution < -0.4 is 9.47 Å². The van der Waals surface area contributed by atoms with Gasteiger partial charge in [-0.1, -0.05) is 273 Å². The van der Waals surface area contributed by atoms with E-state index in [4.69, 9.17) is 19.4 Å². The molecule has 0 aliphatic heterocycles. The van der Waals surface area contributed by atoms with Crippen molar-refractivity contribution in [3.63, 3.8) is 0 Å². The number of hydrogen-bond acceptors (Lipinski definition) is 14. The van der Waals surface area contributed by atoms with E-state index in [0.29, 0.717) is 69.2 Å². The maximum Gasteiger partial charge on any atom is 0.194 e. The number of Topliss-reactive ketones (excluding diaryl/α,β-unsaturated/α-hetero) is 2. The number of nitriles is 4. The van der Waals surface area contributed by atoms with Gasteiger partial charge in [0.2, 0.25) is 0 Å². The standard InChI is InChI=1S/C112H120F4N6O4S4/c1-13-25-35-65(19-7)55-111(56-66(20-8)36-26-14-2)85-47-73(45-83-95(71(59-117)60-118)79-49-89(113)91(115)51-81(79)103(83)123)127-107(85)109-87(111)53-93(129-109)97-101-102(122-100-78-44-34-32-42-76(78)75-41-31-33-43-77(75)99(100)121-101)98(106(126-64-70(24-12)40-30-18-6)105(97)125-63-69(23-11)39-29-17-5)94-54-88-110(130-94)108-86(112(88,57-67(21-9)37-27-15-3)58-68(22-10)38-28-16-4)48-74(128-108)46-84-96(72(61-119)62-120)80-50-90(114)92(116)52-82(80)104(84)124/h31-34,41-54,65-70H,13-30,35-40,55-58,63-64H2,1-12H3/b83-45-,84-46-. The van der Waals surface area contributed by atoms with Crippen LogP contribution in [-0.2, 0) is 10.8 Å². The van der Waals surface area contributed by atoms with E-state index in [9.17, 15) is 21.0 Å². The van der Waals surface area contributed by atoms with Gasteiger partial charge in [0.25, 0.3) is 0 Å². The summed E-state index contributed by atoms with van der Waals surface area (Å²) in [6, 6.07) is 38.2. The number of aromatic nitrogens is 2. The third kappa shape index (κ3) is 17.7. The average Bonchev–Trinajstić information content (AvgIpc) is 1.49. The highest BCUT2D eigenvalue weighted by atomic mass is 32.1. The van der Waals surface area contributed by atoms with E-state index in [0.717, 1.165) is 277 Å². The fourth-order valence-corrected chi connectivity index (χ4v) is 26.9. The zero-order valence-electron chi connectivity index (χ0n) is 77.5. The molecule has 0 radical (unpaired) electrons. The Morgan fingerprint density at radius 2 is 0.662 bits per heavy atom. The van der Waals surface area contributed by atoms with Crippen LogP contribution in [0.4, 0.5) is 17.6 Å². The number of ether oxygens (including phenoxy) is 2. The number of unbranched alkanes of at least 4 members (excludes halogenated alkanes) is 6. The first-order valence-electron chi connectivity index (χ1n) is 48.2. The van der Waals surface area contributed by atoms with Crippen LogP contribution >= 0.6 is 45.3 Å². The summed E-state index contributed by atoms with van der Waals surface area (Å²) in [5.74, 6) is -3.22. The van der Waals surface area contributed by atoms with Crippen LogP contribution in [-0.4, -0.2) is 34.7 Å². The second-order valence-corrected chi connectivity index (χ2v) is 41.3. The summed E-state index contributed by atoms with van der Waals surface area (Å²) in [7, 11) is 0. The first-order chi connectivity index (χ1) is 63.2. The number of ketones is 2. The fourth-order valence-electron chi connectivity index (χ4n) is 21.6. The highest BCUT2D eigenvalue weighted by Crippen LogP contribution is 2.67. The smallest absolute Gasteiger partial charge is 0.194 e. The number of benzene rings is 6. The molecule has 5 heterocycles. The molecule has 6 aromatic carbocycles. The summed E-state index contributed by atoms with van der Waals surface area (Å²) in [4.78, 5) is 50.3. The van der Waals surface area contributed by atoms with E-state index >= 15 is 27.2 Å². The molecule has 6 unspecified atom stereocenters. The molecular weight excluding hydrogens is 1700 g/mol. The highest BCUT2D eigenvalue weighted by molar-refractivity contribution is 7.25. The first kappa shape index (κ1) is 94.5. The van der Waals surface area contributed by atoms with Crippen molar-refractivity contribution in [3.8, 4) is 76.2 Å². The van der Waals surface area contributed by atoms with E-state index < -0.39 is 45.7 Å². The number of nitrogens with zero attached hydrogens (tertiary/aromatic N) is 6. The van der Waals surface area contributed by atoms with Crippen molar-refractivity contribution in [2.24, 2.45) is 35.5 Å². The first-order valence-corrected chi connectivity index (χ1v) is 51.5. The number of carbonyl (C=O) groups excluding carboxylic acids is 2. The maximum absolute atomic E-state index is 15.5. The minimum atomic E-state index is -1.20. The summed E-state index contributed by atoms with van der Waals surface area (Å²) >= 11 is 6.62. The molecule has 0 bridgehead atoms. The van der Waals surface area contributed by atoms with Crippen molar-refractivity contribution in [2.75, 3.05) is 13.2 Å². The van der Waals surface area contributed by atoms with E-state index in [1.54, 1.807) is 57.5 Å². The Kier molecular flexibility index (Phi) is 30.0. The number of allylic oxidation sites excluding steroid dienone is 6. The van der Waals surface area contributed by atoms with Gasteiger partial charge in [-0.2, -0.15) is 21.0 Å². The lowest BCUT2D eigenvalue weighted by atomic mass is 9.65. The van der Waals surface area contributed by atoms with E-state index in [2.05, 4.69) is 156 Å². The lowest BCUT2D eigenvalue weighted by molar-refractivity contribution is 0.103. The zero-order valence-corrected chi connectivity index (χ0v) is 80.8. The quantitative estimate of drug-likeness (QED) is 0.0118. The summed E-state index contributed by atoms with van der Waals surface area (Å²) in [6.45, 7) is 28.1. The normalized spacial score (nSPS) is 17.4. The van der Waals surface area contributed by atoms with E-state index in [-0.39, 0.29) is 67.5 Å². The molecule has 15 rings (SSSR count). The van der Waals surface area contributed by atoms with Gasteiger partial charge in [0.05, 0.1) is 35.4 Å². The third-order valence-electron chi connectivity index (χ3n) is 29.1. The molecule has 6 atom stereocenters. The van der Waals surface area contributed by atoms with Gasteiger partial charge in [-0.25, -0.2) is 27.5 Å². The van der Waals surface area contributed by atoms with Gasteiger partial charge in [0, 0.05) is 94.0 Å². The third-order valence-corrected chi connectivity index (χ3v) is 33.8. The Morgan fingerprint density at radius 3 is 0.962 bits per heavy atom. The van der Waals surface area contributed by atoms with Gasteiger partial charge >= 0.3 is 0 Å². The number of hydrogen-bond donors (Lipinski definition) is 0. The lowest BCUT2D eigenvalue weighted by Crippen LogP contribution is -2.31. The summed E-state index contributed by atoms with van der Waals surface area (Å²) < 4.78 is 78.1. The predicted molar refractivity (Wildman–Crippen MR) is 530 cm³/mol. The van der Waals surface area contributed by atoms with Crippen LogP contribution in [0.5, 0.6) is 11.5 Å². The molecule has 4 aliphatic carbocycles. The number of halogens is 4. The summed E-state index contributed by atoms with van der Waals surface area (Å²) in [5, 5.41) is 46.5. The van der Waals surface area contributed by atoms with Gasteiger partial charge in [-0.15, -0.1) is 45.3 Å². The zero-order chi connectivity index (χ0) is 92.0. The van der Waals surface area contributed by atoms with Gasteiger partial charge in [-0.3, -0.25) is 9.59 Å². The molecule has 130 heavy (non-hydrogen) atoms. The van der Waals surface area contributed by atoms with Crippen LogP contribution in [0.25, 0.3) is 107 Å². The molecule has 0 saturated carbocycles. The Hall–Kier alpha value is -10.2. The largest absolute Gasteiger partial charge is 0.489 e. The molecule has 0 N–H and O–H groups in total. The highest BCUT2D eigenvalue weighted by Gasteiger charge is 2.52. The second-order valence-electron chi connectivity index (χ2n) is 37.1. The Balaban J connectivity index is 1.09. The SMILES string of the molecule is CCCCC(CC)COc1c(OCC(CC)CCCC)c(-c2cc3c(s2)-c2sc(/C=C4\C(=O)c5cc(F)c(F)cc5C4=C(C#N)C#N)cc2C3(CC(CC)CCCC)CC(CC)CCCC)c2nc3c4ccccc4c4ccccc4c3nc2c1-c1cc2c(s1)-c1sc(/C=C3\C(=O)c4cc(F)c(F)cc4C3=C(C#N)C#N)cc1C2(CC(CC)CCCC)CC(CC)CCCC. The minimum absolute atomic E-state index is 0.0102. The van der Waals surface area contributed by atoms with Crippen molar-refractivity contribution >= 4 is 124 Å². The van der Waals surface area contributed by atoms with Crippen LogP contribution in [0.3, 0.4) is 0 Å². The van der Waals surface area contributed by atoms with Gasteiger partial charge in [0.1, 0.15) is 46.5 Å². The van der Waals surface area contributed by atoms with Crippen molar-refractivity contribution in [1.29, 1.82) is 21.0 Å². The molecular formula is C112H120F4N6O4S4. The van der Waals surface area contributed by atoms with E-state index in [1.165, 1.54) is 22.3 Å². The van der Waals surface area contributed by atoms with E-state index in [1.807, 2.05) is 24.3 Å². The molecule has 674 valence electrons. The number of fused-ring (bicyclic) bond motifs is 15. The minimum Gasteiger partial charge on any atom is -0.489 e. The van der Waals surface area contributed by atoms with Gasteiger partial charge < -0.3 is 9.47 Å². The number of thiophene rings is 4. The molecule has 18 heteroatoms. The second kappa shape index (κ2) is 41.3. The topological polar surface area (TPSA) is 174 Å². The van der Waals surface area contributed by atoms with Gasteiger partial charge in [0.15, 0.2) is 46.3 Å². The summed E-state index contributed by atoms with van der Waals surface area (Å²) in [5.41, 5.74) is 7.13. The summed E-state index contributed by atoms with van der Waals surface area (Å²) in [6.07, 6.45) is 30.8. The molecule has 0 amide bonds. The van der Waals surface area contributed by atoms with Crippen LogP contribution in [0.2, 0.25) is 0 Å². The predicted octanol–water partition coefficient (Wildman–Crippen LogP) is 33.5. The Bertz CT molecular complexity index is 6040. The fraction of sp³-hybridized carbons (Fsp3) is 0.446. The van der Waals surface area contributed by atoms with Crippen LogP contribution in [0.1, 0.15) is 327 Å². The molecule has 0 fully saturated rings. The van der Waals surface area contributed by atoms with Crippen molar-refractivity contribution in [3.05, 3.63) is 197 Å². The molecule has 4 aliphatic rings. The van der Waals surface area contributed by atoms with Crippen molar-refractivity contribution in [2.45, 2.75) is 274 Å². The molecule has 0 spiro atoms. The molecule has 10 nitrogen and oxygen atoms in total. The molecule has 0 saturated heterocycles. The molecule has 5 aromatic heterocycles. The number of rotatable bonds is 42. The van der Waals surface area contributed by atoms with Gasteiger partial charge in [-0.05, 0) is 179 Å². The number of carbonyl (C=O) groups is 2. The van der Waals surface area contributed by atoms with Crippen molar-refractivity contribution < 1.29 is 36.6 Å². The monoisotopic (exact) mass is 1820 g/mol. The molecule has 11 aromatic rings. The van der Waals surface area contributed by atoms with Crippen LogP contribution in [0, 0.1) is 104 Å². The Morgan fingerprint density at radius 1 is 0.377 bits per heavy atom. The maximum atomic E-state index is 15.5. The lowest BCUT2D eigenvalue weighted by Gasteiger charge is -2.38. The Labute approximate surface area is 781 Å². The van der Waals surface area contributed by atoms with Crippen LogP contribution in [0.15, 0.2) is 119 Å². The average molecular weight is 1820 g/mol. The van der Waals surface area contributed by atoms with Crippen molar-refractivity contribution in [1.82, 2.24) is 9.97 Å².